The van der Waals surface area contributed by atoms with Crippen molar-refractivity contribution in [1.29, 1.82) is 0 Å². The normalized spacial score (nSPS) is 12.5. The summed E-state index contributed by atoms with van der Waals surface area (Å²) in [5.41, 5.74) is 8.34. The summed E-state index contributed by atoms with van der Waals surface area (Å²) in [4.78, 5) is 1.24. The van der Waals surface area contributed by atoms with Crippen molar-refractivity contribution in [1.82, 2.24) is 5.32 Å². The van der Waals surface area contributed by atoms with Crippen LogP contribution < -0.4 is 10.1 Å². The maximum Gasteiger partial charge on any atom is 0.134 e. The summed E-state index contributed by atoms with van der Waals surface area (Å²) in [6.07, 6.45) is 0. The number of ether oxygens (including phenoxy) is 1. The van der Waals surface area contributed by atoms with Gasteiger partial charge in [-0.1, -0.05) is 0 Å². The van der Waals surface area contributed by atoms with Gasteiger partial charge in [0.1, 0.15) is 5.75 Å². The first kappa shape index (κ1) is 16.1. The second kappa shape index (κ2) is 6.20. The predicted octanol–water partition coefficient (Wildman–Crippen LogP) is 4.61. The molecule has 0 saturated carbocycles. The molecule has 1 unspecified atom stereocenters. The molecule has 0 saturated heterocycles. The maximum atomic E-state index is 5.52. The highest BCUT2D eigenvalue weighted by atomic mass is 32.1. The van der Waals surface area contributed by atoms with Gasteiger partial charge in [0, 0.05) is 0 Å². The van der Waals surface area contributed by atoms with E-state index in [9.17, 15) is 0 Å². The molecular formula is C18H25NOS. The van der Waals surface area contributed by atoms with Crippen LogP contribution in [0.2, 0.25) is 0 Å². The van der Waals surface area contributed by atoms with E-state index in [1.165, 1.54) is 38.3 Å². The Hall–Kier alpha value is -1.32. The van der Waals surface area contributed by atoms with Crippen LogP contribution >= 0.6 is 11.3 Å². The highest BCUT2D eigenvalue weighted by molar-refractivity contribution is 7.10. The Bertz CT molecular complexity index is 628. The fraction of sp³-hybridized carbons (Fsp3) is 0.444. The molecule has 2 nitrogen and oxygen atoms in total. The molecule has 0 fully saturated rings. The van der Waals surface area contributed by atoms with Crippen molar-refractivity contribution in [3.8, 4) is 5.75 Å². The third kappa shape index (κ3) is 2.60. The summed E-state index contributed by atoms with van der Waals surface area (Å²) >= 11 is 1.75. The molecule has 1 aromatic carbocycles. The molecule has 0 aliphatic rings. The van der Waals surface area contributed by atoms with E-state index in [-0.39, 0.29) is 6.04 Å². The highest BCUT2D eigenvalue weighted by Gasteiger charge is 2.24. The van der Waals surface area contributed by atoms with E-state index in [0.717, 1.165) is 5.75 Å². The Morgan fingerprint density at radius 2 is 1.48 bits per heavy atom. The minimum absolute atomic E-state index is 0.179. The van der Waals surface area contributed by atoms with Gasteiger partial charge in [0.15, 0.2) is 0 Å². The molecular weight excluding hydrogens is 278 g/mol. The van der Waals surface area contributed by atoms with Gasteiger partial charge in [0.05, 0.1) is 18.0 Å². The third-order valence-electron chi connectivity index (χ3n) is 4.77. The van der Waals surface area contributed by atoms with Gasteiger partial charge in [-0.3, -0.25) is 0 Å². The lowest BCUT2D eigenvalue weighted by molar-refractivity contribution is 0.408. The van der Waals surface area contributed by atoms with Crippen molar-refractivity contribution in [3.05, 3.63) is 49.7 Å². The van der Waals surface area contributed by atoms with E-state index in [4.69, 9.17) is 4.74 Å². The van der Waals surface area contributed by atoms with Crippen molar-refractivity contribution in [2.24, 2.45) is 0 Å². The quantitative estimate of drug-likeness (QED) is 0.890. The molecule has 0 amide bonds. The van der Waals surface area contributed by atoms with Crippen molar-refractivity contribution >= 4 is 11.3 Å². The zero-order valence-electron chi connectivity index (χ0n) is 14.0. The molecule has 0 aliphatic heterocycles. The van der Waals surface area contributed by atoms with E-state index in [0.29, 0.717) is 0 Å². The second-order valence-corrected chi connectivity index (χ2v) is 6.56. The Morgan fingerprint density at radius 3 is 1.95 bits per heavy atom. The predicted molar refractivity (Wildman–Crippen MR) is 91.9 cm³/mol. The Morgan fingerprint density at radius 1 is 0.952 bits per heavy atom. The number of hydrogen-bond acceptors (Lipinski definition) is 3. The third-order valence-corrected chi connectivity index (χ3v) is 5.74. The molecule has 1 atom stereocenters. The van der Waals surface area contributed by atoms with Gasteiger partial charge in [0.2, 0.25) is 0 Å². The van der Waals surface area contributed by atoms with Gasteiger partial charge in [-0.25, -0.2) is 0 Å². The summed E-state index contributed by atoms with van der Waals surface area (Å²) in [6, 6.07) is 2.22. The topological polar surface area (TPSA) is 21.3 Å². The molecule has 1 N–H and O–H groups in total. The Kier molecular flexibility index (Phi) is 4.74. The number of benzene rings is 1. The Labute approximate surface area is 132 Å². The van der Waals surface area contributed by atoms with Crippen molar-refractivity contribution in [3.63, 3.8) is 0 Å². The molecule has 114 valence electrons. The smallest absolute Gasteiger partial charge is 0.134 e. The summed E-state index contributed by atoms with van der Waals surface area (Å²) < 4.78 is 5.52. The summed E-state index contributed by atoms with van der Waals surface area (Å²) in [5.74, 6) is 0.967. The molecule has 0 aliphatic carbocycles. The molecule has 2 aromatic rings. The van der Waals surface area contributed by atoms with E-state index >= 15 is 0 Å². The lowest BCUT2D eigenvalue weighted by Crippen LogP contribution is -2.20. The van der Waals surface area contributed by atoms with Crippen LogP contribution in [0.3, 0.4) is 0 Å². The molecule has 3 heteroatoms. The standard InChI is InChI=1S/C18H25NOS/c1-10-11(2)13(4)16(14(5)12(10)3)17(19-6)18-15(20-7)8-9-21-18/h8-9,17,19H,1-7H3. The molecule has 0 bridgehead atoms. The van der Waals surface area contributed by atoms with Crippen LogP contribution in [0, 0.1) is 34.6 Å². The van der Waals surface area contributed by atoms with Crippen LogP contribution in [-0.4, -0.2) is 14.2 Å². The SMILES string of the molecule is CNC(c1sccc1OC)c1c(C)c(C)c(C)c(C)c1C. The van der Waals surface area contributed by atoms with Gasteiger partial charge >= 0.3 is 0 Å². The summed E-state index contributed by atoms with van der Waals surface area (Å²) in [5, 5.41) is 5.58. The van der Waals surface area contributed by atoms with Crippen LogP contribution in [0.4, 0.5) is 0 Å². The average Bonchev–Trinajstić information content (AvgIpc) is 2.95. The van der Waals surface area contributed by atoms with Gasteiger partial charge in [0.25, 0.3) is 0 Å². The van der Waals surface area contributed by atoms with Crippen molar-refractivity contribution in [2.75, 3.05) is 14.2 Å². The van der Waals surface area contributed by atoms with Gasteiger partial charge < -0.3 is 10.1 Å². The van der Waals surface area contributed by atoms with Gasteiger partial charge in [-0.05, 0) is 86.5 Å². The maximum absolute atomic E-state index is 5.52. The van der Waals surface area contributed by atoms with Gasteiger partial charge in [-0.15, -0.1) is 11.3 Å². The molecule has 0 radical (unpaired) electrons. The average molecular weight is 303 g/mol. The highest BCUT2D eigenvalue weighted by Crippen LogP contribution is 2.39. The zero-order valence-corrected chi connectivity index (χ0v) is 14.9. The van der Waals surface area contributed by atoms with Crippen LogP contribution in [0.5, 0.6) is 5.75 Å². The Balaban J connectivity index is 2.69. The van der Waals surface area contributed by atoms with Crippen molar-refractivity contribution in [2.45, 2.75) is 40.7 Å². The molecule has 0 spiro atoms. The number of thiophene rings is 1. The number of nitrogens with one attached hydrogen (secondary N) is 1. The largest absolute Gasteiger partial charge is 0.496 e. The minimum atomic E-state index is 0.179. The van der Waals surface area contributed by atoms with Crippen LogP contribution in [-0.2, 0) is 0 Å². The van der Waals surface area contributed by atoms with E-state index < -0.39 is 0 Å². The molecule has 2 rings (SSSR count). The zero-order chi connectivity index (χ0) is 15.7. The fourth-order valence-electron chi connectivity index (χ4n) is 3.06. The number of hydrogen-bond donors (Lipinski definition) is 1. The number of methoxy groups -OCH3 is 1. The van der Waals surface area contributed by atoms with E-state index in [1.54, 1.807) is 18.4 Å². The van der Waals surface area contributed by atoms with E-state index in [2.05, 4.69) is 45.3 Å². The van der Waals surface area contributed by atoms with Gasteiger partial charge in [-0.2, -0.15) is 0 Å². The van der Waals surface area contributed by atoms with Crippen LogP contribution in [0.1, 0.15) is 44.3 Å². The minimum Gasteiger partial charge on any atom is -0.496 e. The fourth-order valence-corrected chi connectivity index (χ4v) is 4.03. The van der Waals surface area contributed by atoms with Crippen LogP contribution in [0.25, 0.3) is 0 Å². The first-order valence-electron chi connectivity index (χ1n) is 7.29. The van der Waals surface area contributed by atoms with Crippen LogP contribution in [0.15, 0.2) is 11.4 Å². The number of rotatable bonds is 4. The second-order valence-electron chi connectivity index (χ2n) is 5.61. The molecule has 1 aromatic heterocycles. The van der Waals surface area contributed by atoms with E-state index in [1.807, 2.05) is 13.1 Å². The summed E-state index contributed by atoms with van der Waals surface area (Å²) in [7, 11) is 3.76. The first-order chi connectivity index (χ1) is 9.93. The first-order valence-corrected chi connectivity index (χ1v) is 8.17. The van der Waals surface area contributed by atoms with Crippen molar-refractivity contribution < 1.29 is 4.74 Å². The lowest BCUT2D eigenvalue weighted by Gasteiger charge is -2.25. The monoisotopic (exact) mass is 303 g/mol. The molecule has 21 heavy (non-hydrogen) atoms. The summed E-state index contributed by atoms with van der Waals surface area (Å²) in [6.45, 7) is 11.1. The lowest BCUT2D eigenvalue weighted by atomic mass is 9.86. The molecule has 1 heterocycles.